The maximum Gasteiger partial charge on any atom is 0.236 e. The molecule has 10 heteroatoms. The van der Waals surface area contributed by atoms with Gasteiger partial charge in [0, 0.05) is 38.9 Å². The second-order valence-corrected chi connectivity index (χ2v) is 9.21. The first-order valence-corrected chi connectivity index (χ1v) is 11.6. The lowest BCUT2D eigenvalue weighted by atomic mass is 10.2. The summed E-state index contributed by atoms with van der Waals surface area (Å²) in [6.45, 7) is 6.41. The van der Waals surface area contributed by atoms with E-state index in [1.54, 1.807) is 7.05 Å². The zero-order valence-corrected chi connectivity index (χ0v) is 20.9. The van der Waals surface area contributed by atoms with E-state index in [1.165, 1.54) is 4.31 Å². The van der Waals surface area contributed by atoms with Crippen LogP contribution < -0.4 is 14.9 Å². The third-order valence-corrected chi connectivity index (χ3v) is 6.77. The van der Waals surface area contributed by atoms with Crippen LogP contribution in [0.3, 0.4) is 0 Å². The molecule has 1 aliphatic heterocycles. The van der Waals surface area contributed by atoms with Crippen LogP contribution in [0.5, 0.6) is 0 Å². The number of nitrogens with one attached hydrogen (secondary N) is 2. The van der Waals surface area contributed by atoms with Gasteiger partial charge in [0.25, 0.3) is 0 Å². The summed E-state index contributed by atoms with van der Waals surface area (Å²) in [5.74, 6) is 0.628. The van der Waals surface area contributed by atoms with Crippen LogP contribution in [0.4, 0.5) is 5.69 Å². The highest BCUT2D eigenvalue weighted by Gasteiger charge is 2.28. The molecular formula is C20H31IN6O2S. The second kappa shape index (κ2) is 11.0. The van der Waals surface area contributed by atoms with Gasteiger partial charge in [-0.2, -0.15) is 5.10 Å². The molecule has 1 aromatic heterocycles. The van der Waals surface area contributed by atoms with Gasteiger partial charge in [-0.05, 0) is 44.4 Å². The van der Waals surface area contributed by atoms with Crippen LogP contribution >= 0.6 is 24.0 Å². The summed E-state index contributed by atoms with van der Waals surface area (Å²) < 4.78 is 29.0. The number of nitrogens with zero attached hydrogens (tertiary/aromatic N) is 4. The molecular weight excluding hydrogens is 515 g/mol. The molecule has 1 aromatic carbocycles. The summed E-state index contributed by atoms with van der Waals surface area (Å²) in [4.78, 5) is 4.17. The summed E-state index contributed by atoms with van der Waals surface area (Å²) in [6.07, 6.45) is 1.66. The van der Waals surface area contributed by atoms with E-state index in [2.05, 4.69) is 26.8 Å². The molecule has 0 atom stereocenters. The number of aliphatic imine (C=N–C) groups is 1. The van der Waals surface area contributed by atoms with Gasteiger partial charge in [-0.15, -0.1) is 24.0 Å². The molecule has 0 saturated carbocycles. The van der Waals surface area contributed by atoms with E-state index in [0.717, 1.165) is 48.6 Å². The summed E-state index contributed by atoms with van der Waals surface area (Å²) in [5.41, 5.74) is 4.07. The smallest absolute Gasteiger partial charge is 0.236 e. The predicted octanol–water partition coefficient (Wildman–Crippen LogP) is 2.07. The van der Waals surface area contributed by atoms with Gasteiger partial charge < -0.3 is 10.6 Å². The number of para-hydroxylation sites is 1. The van der Waals surface area contributed by atoms with Crippen molar-refractivity contribution in [2.24, 2.45) is 4.99 Å². The monoisotopic (exact) mass is 546 g/mol. The van der Waals surface area contributed by atoms with Crippen LogP contribution in [0.1, 0.15) is 23.4 Å². The first-order valence-electron chi connectivity index (χ1n) is 9.94. The Morgan fingerprint density at radius 2 is 1.93 bits per heavy atom. The van der Waals surface area contributed by atoms with Crippen LogP contribution in [0.2, 0.25) is 0 Å². The van der Waals surface area contributed by atoms with Crippen molar-refractivity contribution in [1.82, 2.24) is 20.4 Å². The Hall–Kier alpha value is -1.82. The van der Waals surface area contributed by atoms with Crippen molar-refractivity contribution >= 4 is 45.6 Å². The Bertz CT molecular complexity index is 973. The van der Waals surface area contributed by atoms with E-state index < -0.39 is 10.0 Å². The van der Waals surface area contributed by atoms with E-state index in [-0.39, 0.29) is 29.7 Å². The average Bonchev–Trinajstić information content (AvgIpc) is 3.26. The van der Waals surface area contributed by atoms with E-state index in [1.807, 2.05) is 42.8 Å². The topological polar surface area (TPSA) is 91.6 Å². The number of rotatable bonds is 8. The summed E-state index contributed by atoms with van der Waals surface area (Å²) in [5, 5.41) is 10.8. The van der Waals surface area contributed by atoms with Gasteiger partial charge in [0.1, 0.15) is 0 Å². The molecule has 0 aliphatic carbocycles. The van der Waals surface area contributed by atoms with Gasteiger partial charge >= 0.3 is 0 Å². The van der Waals surface area contributed by atoms with Crippen LogP contribution in [0.15, 0.2) is 35.3 Å². The van der Waals surface area contributed by atoms with Crippen molar-refractivity contribution < 1.29 is 8.42 Å². The third kappa shape index (κ3) is 6.10. The minimum atomic E-state index is -3.36. The Labute approximate surface area is 196 Å². The number of fused-ring (bicyclic) bond motifs is 1. The molecule has 166 valence electrons. The quantitative estimate of drug-likeness (QED) is 0.229. The lowest BCUT2D eigenvalue weighted by Gasteiger charge is -2.20. The van der Waals surface area contributed by atoms with Crippen LogP contribution in [0, 0.1) is 13.8 Å². The van der Waals surface area contributed by atoms with Crippen molar-refractivity contribution in [2.75, 3.05) is 36.7 Å². The standard InChI is InChI=1S/C20H30N6O2S.HI/c1-16-15-17(2)25(24-16)12-6-10-22-20(21-3)23-11-14-29(27,28)26-13-9-18-7-4-5-8-19(18)26;/h4-5,7-8,15H,6,9-14H2,1-3H3,(H2,21,22,23);1H. The van der Waals surface area contributed by atoms with Gasteiger partial charge in [-0.1, -0.05) is 18.2 Å². The van der Waals surface area contributed by atoms with Crippen molar-refractivity contribution in [3.63, 3.8) is 0 Å². The van der Waals surface area contributed by atoms with Gasteiger partial charge in [-0.25, -0.2) is 8.42 Å². The number of guanidine groups is 1. The van der Waals surface area contributed by atoms with E-state index in [9.17, 15) is 8.42 Å². The molecule has 8 nitrogen and oxygen atoms in total. The maximum atomic E-state index is 12.7. The van der Waals surface area contributed by atoms with E-state index in [4.69, 9.17) is 0 Å². The molecule has 2 aromatic rings. The molecule has 0 saturated heterocycles. The molecule has 0 radical (unpaired) electrons. The van der Waals surface area contributed by atoms with E-state index >= 15 is 0 Å². The van der Waals surface area contributed by atoms with Gasteiger partial charge in [0.2, 0.25) is 10.0 Å². The molecule has 0 spiro atoms. The molecule has 2 N–H and O–H groups in total. The number of halogens is 1. The zero-order chi connectivity index (χ0) is 20.9. The third-order valence-electron chi connectivity index (χ3n) is 5.00. The highest BCUT2D eigenvalue weighted by atomic mass is 127. The number of sulfonamides is 1. The molecule has 1 aliphatic rings. The molecule has 30 heavy (non-hydrogen) atoms. The van der Waals surface area contributed by atoms with E-state index in [0.29, 0.717) is 19.0 Å². The molecule has 0 bridgehead atoms. The van der Waals surface area contributed by atoms with Crippen molar-refractivity contribution in [3.05, 3.63) is 47.3 Å². The summed E-state index contributed by atoms with van der Waals surface area (Å²) in [6, 6.07) is 9.74. The number of anilines is 1. The molecule has 0 unspecified atom stereocenters. The van der Waals surface area contributed by atoms with Crippen LogP contribution in [-0.2, 0) is 23.0 Å². The Kier molecular flexibility index (Phi) is 8.95. The molecule has 0 fully saturated rings. The molecule has 3 rings (SSSR count). The fourth-order valence-corrected chi connectivity index (χ4v) is 4.99. The number of benzene rings is 1. The number of aryl methyl sites for hydroxylation is 3. The number of hydrogen-bond donors (Lipinski definition) is 2. The highest BCUT2D eigenvalue weighted by Crippen LogP contribution is 2.29. The summed E-state index contributed by atoms with van der Waals surface area (Å²) in [7, 11) is -1.68. The highest BCUT2D eigenvalue weighted by molar-refractivity contribution is 14.0. The maximum absolute atomic E-state index is 12.7. The lowest BCUT2D eigenvalue weighted by molar-refractivity contribution is 0.555. The normalized spacial score (nSPS) is 13.7. The Morgan fingerprint density at radius 1 is 1.20 bits per heavy atom. The van der Waals surface area contributed by atoms with Crippen molar-refractivity contribution in [2.45, 2.75) is 33.2 Å². The van der Waals surface area contributed by atoms with Gasteiger partial charge in [0.15, 0.2) is 5.96 Å². The molecule has 2 heterocycles. The number of hydrogen-bond acceptors (Lipinski definition) is 4. The zero-order valence-electron chi connectivity index (χ0n) is 17.8. The second-order valence-electron chi connectivity index (χ2n) is 7.20. The SMILES string of the molecule is CN=C(NCCCn1nc(C)cc1C)NCCS(=O)(=O)N1CCc2ccccc21.I. The largest absolute Gasteiger partial charge is 0.356 e. The predicted molar refractivity (Wildman–Crippen MR) is 132 cm³/mol. The number of aromatic nitrogens is 2. The Morgan fingerprint density at radius 3 is 2.63 bits per heavy atom. The van der Waals surface area contributed by atoms with Gasteiger partial charge in [-0.3, -0.25) is 14.0 Å². The van der Waals surface area contributed by atoms with Crippen molar-refractivity contribution in [1.29, 1.82) is 0 Å². The minimum absolute atomic E-state index is 0. The lowest BCUT2D eigenvalue weighted by Crippen LogP contribution is -2.42. The minimum Gasteiger partial charge on any atom is -0.356 e. The van der Waals surface area contributed by atoms with Gasteiger partial charge in [0.05, 0.1) is 17.1 Å². The fourth-order valence-electron chi connectivity index (χ4n) is 3.56. The Balaban J connectivity index is 0.00000320. The summed E-state index contributed by atoms with van der Waals surface area (Å²) >= 11 is 0. The fraction of sp³-hybridized carbons (Fsp3) is 0.500. The van der Waals surface area contributed by atoms with Crippen molar-refractivity contribution in [3.8, 4) is 0 Å². The average molecular weight is 546 g/mol. The van der Waals surface area contributed by atoms with Crippen LogP contribution in [0.25, 0.3) is 0 Å². The first-order chi connectivity index (χ1) is 13.9. The first kappa shape index (κ1) is 24.4. The van der Waals surface area contributed by atoms with Crippen LogP contribution in [-0.4, -0.2) is 56.6 Å². The molecule has 0 amide bonds.